The Morgan fingerprint density at radius 2 is 1.80 bits per heavy atom. The summed E-state index contributed by atoms with van der Waals surface area (Å²) in [4.78, 5) is 29.0. The summed E-state index contributed by atoms with van der Waals surface area (Å²) in [5, 5.41) is 12.9. The van der Waals surface area contributed by atoms with Gasteiger partial charge in [0.05, 0.1) is 12.7 Å². The minimum Gasteiger partial charge on any atom is -0.487 e. The third-order valence-corrected chi connectivity index (χ3v) is 9.42. The molecule has 220 valence electrons. The highest BCUT2D eigenvalue weighted by atomic mass is 28.3. The molecule has 9 heteroatoms. The van der Waals surface area contributed by atoms with Crippen molar-refractivity contribution in [3.63, 3.8) is 0 Å². The molecule has 0 saturated heterocycles. The minimum atomic E-state index is -1.28. The van der Waals surface area contributed by atoms with E-state index >= 15 is 0 Å². The molecule has 1 aromatic heterocycles. The predicted octanol–water partition coefficient (Wildman–Crippen LogP) is 5.37. The summed E-state index contributed by atoms with van der Waals surface area (Å²) in [6.45, 7) is 11.0. The summed E-state index contributed by atoms with van der Waals surface area (Å²) in [5.74, 6) is 0.442. The van der Waals surface area contributed by atoms with Gasteiger partial charge in [0.1, 0.15) is 12.9 Å². The highest BCUT2D eigenvalue weighted by Crippen LogP contribution is 2.35. The smallest absolute Gasteiger partial charge is 0.278 e. The number of carbonyl (C=O) groups excluding carboxylic acids is 1. The standard InChI is InChI=1S/C31H47N3O5Si/c1-5-6-19-39-30-27(36)17-18-33-29(30)31(37)32(22-24-15-16-24)28(34(33)23-38-20-21-40(2,3)4)14-10-13-26(35)25-11-8-7-9-12-25/h7-9,11-12,17-18,24,26,28,35H,5-6,10,13-16,19-23H2,1-4H3. The maximum atomic E-state index is 14.1. The Morgan fingerprint density at radius 3 is 2.48 bits per heavy atom. The topological polar surface area (TPSA) is 84.2 Å². The number of hydrogen-bond acceptors (Lipinski definition) is 6. The third-order valence-electron chi connectivity index (χ3n) is 7.72. The average molecular weight is 570 g/mol. The van der Waals surface area contributed by atoms with Crippen LogP contribution in [0.5, 0.6) is 5.75 Å². The maximum absolute atomic E-state index is 14.1. The highest BCUT2D eigenvalue weighted by molar-refractivity contribution is 6.76. The van der Waals surface area contributed by atoms with Gasteiger partial charge in [0.25, 0.3) is 5.91 Å². The number of benzene rings is 1. The van der Waals surface area contributed by atoms with Crippen LogP contribution >= 0.6 is 0 Å². The normalized spacial score (nSPS) is 18.1. The maximum Gasteiger partial charge on any atom is 0.278 e. The average Bonchev–Trinajstić information content (AvgIpc) is 3.75. The lowest BCUT2D eigenvalue weighted by Crippen LogP contribution is -2.62. The van der Waals surface area contributed by atoms with Gasteiger partial charge in [-0.15, -0.1) is 0 Å². The number of unbranched alkanes of at least 4 members (excludes halogenated alkanes) is 1. The molecule has 8 nitrogen and oxygen atoms in total. The summed E-state index contributed by atoms with van der Waals surface area (Å²) in [6.07, 6.45) is 6.85. The summed E-state index contributed by atoms with van der Waals surface area (Å²) in [5.41, 5.74) is 0.921. The molecular weight excluding hydrogens is 522 g/mol. The van der Waals surface area contributed by atoms with Crippen molar-refractivity contribution in [2.24, 2.45) is 5.92 Å². The molecule has 40 heavy (non-hydrogen) atoms. The molecule has 2 unspecified atom stereocenters. The van der Waals surface area contributed by atoms with E-state index in [0.29, 0.717) is 50.9 Å². The van der Waals surface area contributed by atoms with E-state index in [0.717, 1.165) is 43.7 Å². The van der Waals surface area contributed by atoms with Crippen LogP contribution in [-0.2, 0) is 4.74 Å². The Labute approximate surface area is 239 Å². The molecule has 0 bridgehead atoms. The van der Waals surface area contributed by atoms with Crippen LogP contribution in [0.2, 0.25) is 25.7 Å². The Bertz CT molecular complexity index is 1160. The number of hydrogen-bond donors (Lipinski definition) is 1. The van der Waals surface area contributed by atoms with Crippen LogP contribution in [0, 0.1) is 5.92 Å². The minimum absolute atomic E-state index is 0.131. The fourth-order valence-corrected chi connectivity index (χ4v) is 5.82. The summed E-state index contributed by atoms with van der Waals surface area (Å²) >= 11 is 0. The van der Waals surface area contributed by atoms with Crippen LogP contribution in [0.25, 0.3) is 0 Å². The zero-order valence-electron chi connectivity index (χ0n) is 24.7. The first-order valence-electron chi connectivity index (χ1n) is 15.0. The molecule has 2 aliphatic rings. The van der Waals surface area contributed by atoms with Gasteiger partial charge in [-0.1, -0.05) is 63.3 Å². The largest absolute Gasteiger partial charge is 0.487 e. The summed E-state index contributed by atoms with van der Waals surface area (Å²) in [7, 11) is -1.28. The molecule has 2 heterocycles. The van der Waals surface area contributed by atoms with Gasteiger partial charge in [0.2, 0.25) is 5.43 Å². The van der Waals surface area contributed by atoms with E-state index in [-0.39, 0.29) is 23.3 Å². The van der Waals surface area contributed by atoms with Gasteiger partial charge in [-0.05, 0) is 56.1 Å². The van der Waals surface area contributed by atoms with E-state index in [1.807, 2.05) is 35.2 Å². The zero-order chi connectivity index (χ0) is 28.7. The molecule has 2 aromatic rings. The Kier molecular flexibility index (Phi) is 10.5. The molecule has 1 aliphatic heterocycles. The quantitative estimate of drug-likeness (QED) is 0.216. The van der Waals surface area contributed by atoms with Gasteiger partial charge in [-0.3, -0.25) is 19.3 Å². The van der Waals surface area contributed by atoms with Crippen LogP contribution in [0.15, 0.2) is 47.4 Å². The number of ether oxygens (including phenoxy) is 2. The van der Waals surface area contributed by atoms with Crippen molar-refractivity contribution in [3.8, 4) is 5.75 Å². The number of fused-ring (bicyclic) bond motifs is 1. The predicted molar refractivity (Wildman–Crippen MR) is 161 cm³/mol. The van der Waals surface area contributed by atoms with Crippen LogP contribution in [-0.4, -0.2) is 61.3 Å². The number of pyridine rings is 1. The van der Waals surface area contributed by atoms with E-state index in [1.54, 1.807) is 10.9 Å². The van der Waals surface area contributed by atoms with Crippen molar-refractivity contribution in [2.75, 3.05) is 31.5 Å². The lowest BCUT2D eigenvalue weighted by atomic mass is 10.0. The first-order chi connectivity index (χ1) is 19.2. The van der Waals surface area contributed by atoms with Crippen LogP contribution in [0.4, 0.5) is 0 Å². The molecule has 1 fully saturated rings. The number of aliphatic hydroxyl groups excluding tert-OH is 1. The molecule has 2 atom stereocenters. The second-order valence-corrected chi connectivity index (χ2v) is 18.1. The lowest BCUT2D eigenvalue weighted by Gasteiger charge is -2.46. The number of aromatic nitrogens is 1. The third kappa shape index (κ3) is 7.98. The van der Waals surface area contributed by atoms with Crippen molar-refractivity contribution in [1.82, 2.24) is 9.58 Å². The van der Waals surface area contributed by atoms with Gasteiger partial charge in [0.15, 0.2) is 11.4 Å². The zero-order valence-corrected chi connectivity index (χ0v) is 25.7. The van der Waals surface area contributed by atoms with E-state index < -0.39 is 14.2 Å². The van der Waals surface area contributed by atoms with Gasteiger partial charge >= 0.3 is 0 Å². The summed E-state index contributed by atoms with van der Waals surface area (Å²) in [6, 6.07) is 12.2. The highest BCUT2D eigenvalue weighted by Gasteiger charge is 2.42. The number of amides is 1. The van der Waals surface area contributed by atoms with E-state index in [9.17, 15) is 14.7 Å². The SMILES string of the molecule is CCCCOc1c2n(ccc1=O)N(COCC[Si](C)(C)C)C(CCCC(O)c1ccccc1)N(CC1CC1)C2=O. The van der Waals surface area contributed by atoms with Crippen LogP contribution in [0.1, 0.15) is 74.0 Å². The van der Waals surface area contributed by atoms with Crippen molar-refractivity contribution in [3.05, 3.63) is 64.1 Å². The van der Waals surface area contributed by atoms with Gasteiger partial charge < -0.3 is 19.5 Å². The van der Waals surface area contributed by atoms with Gasteiger partial charge in [-0.2, -0.15) is 0 Å². The molecule has 0 radical (unpaired) electrons. The second-order valence-electron chi connectivity index (χ2n) is 12.4. The van der Waals surface area contributed by atoms with Gasteiger partial charge in [0, 0.05) is 33.5 Å². The first-order valence-corrected chi connectivity index (χ1v) is 18.7. The number of aliphatic hydroxyl groups is 1. The Hall–Kier alpha value is -2.62. The van der Waals surface area contributed by atoms with Crippen molar-refractivity contribution >= 4 is 14.0 Å². The molecule has 4 rings (SSSR count). The van der Waals surface area contributed by atoms with Crippen LogP contribution in [0.3, 0.4) is 0 Å². The Morgan fingerprint density at radius 1 is 1.05 bits per heavy atom. The number of nitrogens with zero attached hydrogens (tertiary/aromatic N) is 3. The molecule has 1 aliphatic carbocycles. The number of carbonyl (C=O) groups is 1. The van der Waals surface area contributed by atoms with E-state index in [4.69, 9.17) is 9.47 Å². The van der Waals surface area contributed by atoms with Crippen molar-refractivity contribution in [2.45, 2.75) is 89.8 Å². The van der Waals surface area contributed by atoms with Crippen molar-refractivity contribution in [1.29, 1.82) is 0 Å². The van der Waals surface area contributed by atoms with Gasteiger partial charge in [-0.25, -0.2) is 0 Å². The lowest BCUT2D eigenvalue weighted by molar-refractivity contribution is 0.0375. The molecule has 1 N–H and O–H groups in total. The molecule has 1 saturated carbocycles. The molecule has 1 amide bonds. The fraction of sp³-hybridized carbons (Fsp3) is 0.613. The molecular formula is C31H47N3O5Si. The fourth-order valence-electron chi connectivity index (χ4n) is 5.06. The Balaban J connectivity index is 1.62. The molecule has 0 spiro atoms. The molecule has 1 aromatic carbocycles. The van der Waals surface area contributed by atoms with Crippen molar-refractivity contribution < 1.29 is 19.4 Å². The summed E-state index contributed by atoms with van der Waals surface area (Å²) < 4.78 is 14.0. The first kappa shape index (κ1) is 30.3. The van der Waals surface area contributed by atoms with E-state index in [1.165, 1.54) is 6.07 Å². The number of rotatable bonds is 16. The second kappa shape index (κ2) is 13.8. The monoisotopic (exact) mass is 569 g/mol. The van der Waals surface area contributed by atoms with E-state index in [2.05, 4.69) is 31.6 Å². The van der Waals surface area contributed by atoms with Crippen LogP contribution < -0.4 is 15.2 Å².